The second kappa shape index (κ2) is 6.21. The predicted octanol–water partition coefficient (Wildman–Crippen LogP) is 3.41. The van der Waals surface area contributed by atoms with E-state index in [2.05, 4.69) is 5.10 Å². The number of hydrogen-bond acceptors (Lipinski definition) is 2. The molecule has 0 unspecified atom stereocenters. The average molecular weight is 312 g/mol. The van der Waals surface area contributed by atoms with Gasteiger partial charge in [-0.3, -0.25) is 4.68 Å². The van der Waals surface area contributed by atoms with Gasteiger partial charge < -0.3 is 5.11 Å². The fraction of sp³-hybridized carbons (Fsp3) is 0.333. The molecule has 0 spiro atoms. The molecule has 4 nitrogen and oxygen atoms in total. The number of aromatic nitrogens is 2. The highest BCUT2D eigenvalue weighted by molar-refractivity contribution is 5.85. The van der Waals surface area contributed by atoms with Crippen molar-refractivity contribution in [2.24, 2.45) is 0 Å². The summed E-state index contributed by atoms with van der Waals surface area (Å²) in [7, 11) is 0. The van der Waals surface area contributed by atoms with Gasteiger partial charge in [-0.2, -0.15) is 18.3 Å². The highest BCUT2D eigenvalue weighted by atomic mass is 19.4. The van der Waals surface area contributed by atoms with Crippen LogP contribution in [0.25, 0.3) is 0 Å². The monoisotopic (exact) mass is 312 g/mol. The van der Waals surface area contributed by atoms with Gasteiger partial charge >= 0.3 is 12.1 Å². The summed E-state index contributed by atoms with van der Waals surface area (Å²) < 4.78 is 38.8. The Labute approximate surface area is 125 Å². The summed E-state index contributed by atoms with van der Waals surface area (Å²) in [5, 5.41) is 13.2. The molecule has 118 valence electrons. The zero-order chi connectivity index (χ0) is 16.3. The molecule has 0 saturated heterocycles. The van der Waals surface area contributed by atoms with Gasteiger partial charge in [0.25, 0.3) is 0 Å². The Balaban J connectivity index is 2.05. The van der Waals surface area contributed by atoms with Crippen molar-refractivity contribution in [3.8, 4) is 0 Å². The largest absolute Gasteiger partial charge is 0.477 e. The van der Waals surface area contributed by atoms with Crippen LogP contribution in [0.2, 0.25) is 0 Å². The lowest BCUT2D eigenvalue weighted by Gasteiger charge is -2.07. The normalized spacial score (nSPS) is 11.6. The third kappa shape index (κ3) is 3.66. The lowest BCUT2D eigenvalue weighted by molar-refractivity contribution is -0.137. The third-order valence-electron chi connectivity index (χ3n) is 3.30. The van der Waals surface area contributed by atoms with Crippen LogP contribution in [0.1, 0.15) is 34.2 Å². The van der Waals surface area contributed by atoms with E-state index in [0.29, 0.717) is 25.1 Å². The number of nitrogens with zero attached hydrogens (tertiary/aromatic N) is 2. The summed E-state index contributed by atoms with van der Waals surface area (Å²) in [6, 6.07) is 6.44. The lowest BCUT2D eigenvalue weighted by atomic mass is 10.1. The average Bonchev–Trinajstić information content (AvgIpc) is 2.88. The number of rotatable bonds is 5. The number of alkyl halides is 3. The first-order valence-corrected chi connectivity index (χ1v) is 6.77. The minimum atomic E-state index is -4.34. The van der Waals surface area contributed by atoms with E-state index < -0.39 is 17.7 Å². The third-order valence-corrected chi connectivity index (χ3v) is 3.30. The van der Waals surface area contributed by atoms with Gasteiger partial charge in [0.1, 0.15) is 5.69 Å². The second-order valence-electron chi connectivity index (χ2n) is 4.84. The molecule has 1 heterocycles. The van der Waals surface area contributed by atoms with E-state index in [4.69, 9.17) is 5.11 Å². The summed E-state index contributed by atoms with van der Waals surface area (Å²) >= 11 is 0. The van der Waals surface area contributed by atoms with Gasteiger partial charge in [0, 0.05) is 6.54 Å². The first kappa shape index (κ1) is 16.1. The number of aryl methyl sites for hydroxylation is 3. The molecule has 1 aromatic carbocycles. The Morgan fingerprint density at radius 3 is 2.32 bits per heavy atom. The fourth-order valence-corrected chi connectivity index (χ4v) is 2.14. The van der Waals surface area contributed by atoms with Crippen LogP contribution in [-0.4, -0.2) is 20.9 Å². The SMILES string of the molecule is CCn1nc(CCc2ccc(C(F)(F)F)cc2)cc1C(=O)O. The Kier molecular flexibility index (Phi) is 4.54. The van der Waals surface area contributed by atoms with Crippen molar-refractivity contribution in [2.45, 2.75) is 32.5 Å². The summed E-state index contributed by atoms with van der Waals surface area (Å²) in [6.45, 7) is 2.24. The molecule has 0 bridgehead atoms. The summed E-state index contributed by atoms with van der Waals surface area (Å²) in [5.41, 5.74) is 0.791. The number of carboxylic acids is 1. The quantitative estimate of drug-likeness (QED) is 0.920. The summed E-state index contributed by atoms with van der Waals surface area (Å²) in [6.07, 6.45) is -3.37. The van der Waals surface area contributed by atoms with Crippen molar-refractivity contribution in [2.75, 3.05) is 0 Å². The van der Waals surface area contributed by atoms with Gasteiger partial charge in [0.15, 0.2) is 0 Å². The molecule has 0 aliphatic rings. The lowest BCUT2D eigenvalue weighted by Crippen LogP contribution is -2.08. The zero-order valence-corrected chi connectivity index (χ0v) is 11.9. The van der Waals surface area contributed by atoms with Crippen molar-refractivity contribution in [1.29, 1.82) is 0 Å². The van der Waals surface area contributed by atoms with Crippen molar-refractivity contribution in [1.82, 2.24) is 9.78 Å². The molecule has 0 atom stereocenters. The maximum absolute atomic E-state index is 12.5. The molecule has 2 aromatic rings. The number of benzene rings is 1. The Bertz CT molecular complexity index is 660. The van der Waals surface area contributed by atoms with E-state index in [-0.39, 0.29) is 5.69 Å². The Morgan fingerprint density at radius 1 is 1.23 bits per heavy atom. The maximum Gasteiger partial charge on any atom is 0.416 e. The summed E-state index contributed by atoms with van der Waals surface area (Å²) in [5.74, 6) is -1.05. The van der Waals surface area contributed by atoms with Gasteiger partial charge in [-0.1, -0.05) is 12.1 Å². The molecule has 7 heteroatoms. The maximum atomic E-state index is 12.5. The molecule has 0 aliphatic carbocycles. The number of hydrogen-bond donors (Lipinski definition) is 1. The molecule has 0 amide bonds. The first-order valence-electron chi connectivity index (χ1n) is 6.77. The predicted molar refractivity (Wildman–Crippen MR) is 73.7 cm³/mol. The van der Waals surface area contributed by atoms with E-state index >= 15 is 0 Å². The van der Waals surface area contributed by atoms with Crippen LogP contribution in [0.4, 0.5) is 13.2 Å². The van der Waals surface area contributed by atoms with Crippen molar-refractivity contribution in [3.05, 3.63) is 52.8 Å². The molecule has 22 heavy (non-hydrogen) atoms. The molecule has 0 saturated carbocycles. The smallest absolute Gasteiger partial charge is 0.416 e. The van der Waals surface area contributed by atoms with E-state index in [9.17, 15) is 18.0 Å². The van der Waals surface area contributed by atoms with E-state index in [1.165, 1.54) is 22.9 Å². The van der Waals surface area contributed by atoms with E-state index in [1.54, 1.807) is 6.92 Å². The van der Waals surface area contributed by atoms with Crippen molar-refractivity contribution >= 4 is 5.97 Å². The van der Waals surface area contributed by atoms with Crippen molar-refractivity contribution in [3.63, 3.8) is 0 Å². The molecular formula is C15H15F3N2O2. The van der Waals surface area contributed by atoms with Crippen LogP contribution in [-0.2, 0) is 25.6 Å². The second-order valence-corrected chi connectivity index (χ2v) is 4.84. The van der Waals surface area contributed by atoms with Gasteiger partial charge in [-0.15, -0.1) is 0 Å². The minimum absolute atomic E-state index is 0.116. The Morgan fingerprint density at radius 2 is 1.86 bits per heavy atom. The van der Waals surface area contributed by atoms with Crippen LogP contribution >= 0.6 is 0 Å². The molecule has 0 fully saturated rings. The Hall–Kier alpha value is -2.31. The van der Waals surface area contributed by atoms with Crippen LogP contribution in [0.3, 0.4) is 0 Å². The highest BCUT2D eigenvalue weighted by Gasteiger charge is 2.29. The summed E-state index contributed by atoms with van der Waals surface area (Å²) in [4.78, 5) is 11.0. The van der Waals surface area contributed by atoms with Gasteiger partial charge in [0.05, 0.1) is 11.3 Å². The molecule has 1 aromatic heterocycles. The molecule has 1 N–H and O–H groups in total. The molecule has 2 rings (SSSR count). The zero-order valence-electron chi connectivity index (χ0n) is 11.9. The van der Waals surface area contributed by atoms with E-state index in [1.807, 2.05) is 0 Å². The van der Waals surface area contributed by atoms with Gasteiger partial charge in [-0.05, 0) is 43.5 Å². The van der Waals surface area contributed by atoms with Crippen molar-refractivity contribution < 1.29 is 23.1 Å². The highest BCUT2D eigenvalue weighted by Crippen LogP contribution is 2.29. The first-order chi connectivity index (χ1) is 10.3. The number of halogens is 3. The van der Waals surface area contributed by atoms with Crippen LogP contribution in [0.5, 0.6) is 0 Å². The van der Waals surface area contributed by atoms with Crippen LogP contribution in [0.15, 0.2) is 30.3 Å². The number of carbonyl (C=O) groups is 1. The topological polar surface area (TPSA) is 55.1 Å². The standard InChI is InChI=1S/C15H15F3N2O2/c1-2-20-13(14(21)22)9-12(19-20)8-5-10-3-6-11(7-4-10)15(16,17)18/h3-4,6-7,9H,2,5,8H2,1H3,(H,21,22). The molecular weight excluding hydrogens is 297 g/mol. The van der Waals surface area contributed by atoms with E-state index in [0.717, 1.165) is 17.7 Å². The van der Waals surface area contributed by atoms with Gasteiger partial charge in [0.2, 0.25) is 0 Å². The van der Waals surface area contributed by atoms with Crippen LogP contribution < -0.4 is 0 Å². The molecule has 0 radical (unpaired) electrons. The number of aromatic carboxylic acids is 1. The number of carboxylic acid groups (broad SMARTS) is 1. The van der Waals surface area contributed by atoms with Gasteiger partial charge in [-0.25, -0.2) is 4.79 Å². The fourth-order valence-electron chi connectivity index (χ4n) is 2.14. The van der Waals surface area contributed by atoms with Crippen LogP contribution in [0, 0.1) is 0 Å². The minimum Gasteiger partial charge on any atom is -0.477 e. The molecule has 0 aliphatic heterocycles.